The first kappa shape index (κ1) is 18.9. The molecule has 0 saturated heterocycles. The summed E-state index contributed by atoms with van der Waals surface area (Å²) in [6, 6.07) is 15.2. The van der Waals surface area contributed by atoms with Crippen LogP contribution in [0.3, 0.4) is 0 Å². The van der Waals surface area contributed by atoms with Gasteiger partial charge in [0.15, 0.2) is 4.90 Å². The van der Waals surface area contributed by atoms with Crippen LogP contribution in [0.5, 0.6) is 0 Å². The minimum absolute atomic E-state index is 0.206. The number of nitro benzene ring substituents is 1. The number of nitrogens with one attached hydrogen (secondary N) is 1. The van der Waals surface area contributed by atoms with E-state index in [1.807, 2.05) is 37.3 Å². The van der Waals surface area contributed by atoms with Gasteiger partial charge in [-0.05, 0) is 31.5 Å². The van der Waals surface area contributed by atoms with Gasteiger partial charge in [-0.25, -0.2) is 13.1 Å². The number of hydrogen-bond acceptors (Lipinski definition) is 5. The van der Waals surface area contributed by atoms with Crippen molar-refractivity contribution < 1.29 is 13.3 Å². The predicted octanol–water partition coefficient (Wildman–Crippen LogP) is 2.79. The molecular formula is C17H21N3O4S. The Hall–Kier alpha value is -2.45. The third kappa shape index (κ3) is 5.01. The third-order valence-corrected chi connectivity index (χ3v) is 5.26. The fourth-order valence-electron chi connectivity index (χ4n) is 2.50. The van der Waals surface area contributed by atoms with Gasteiger partial charge in [0.1, 0.15) is 0 Å². The van der Waals surface area contributed by atoms with Crippen LogP contribution >= 0.6 is 0 Å². The van der Waals surface area contributed by atoms with Crippen molar-refractivity contribution in [1.82, 2.24) is 4.72 Å². The number of nitrogens with zero attached hydrogens (tertiary/aromatic N) is 2. The van der Waals surface area contributed by atoms with E-state index in [0.717, 1.165) is 12.2 Å². The van der Waals surface area contributed by atoms with Crippen molar-refractivity contribution in [1.29, 1.82) is 0 Å². The first-order valence-corrected chi connectivity index (χ1v) is 9.47. The average molecular weight is 363 g/mol. The molecule has 0 amide bonds. The molecule has 2 aromatic carbocycles. The standard InChI is InChI=1S/C17H21N3O4S/c1-2-19(15-9-4-3-5-10-15)14-8-13-18-25(23,24)17-12-7-6-11-16(17)20(21)22/h3-7,9-12,18H,2,8,13-14H2,1H3. The minimum atomic E-state index is -3.92. The molecule has 0 heterocycles. The lowest BCUT2D eigenvalue weighted by Crippen LogP contribution is -2.30. The fourth-order valence-corrected chi connectivity index (χ4v) is 3.74. The fraction of sp³-hybridized carbons (Fsp3) is 0.294. The van der Waals surface area contributed by atoms with Crippen molar-refractivity contribution in [2.45, 2.75) is 18.2 Å². The molecule has 2 aromatic rings. The Morgan fingerprint density at radius 1 is 1.08 bits per heavy atom. The second-order valence-corrected chi connectivity index (χ2v) is 7.13. The topological polar surface area (TPSA) is 92.6 Å². The molecule has 0 saturated carbocycles. The number of hydrogen-bond donors (Lipinski definition) is 1. The Labute approximate surface area is 147 Å². The Morgan fingerprint density at radius 3 is 2.36 bits per heavy atom. The predicted molar refractivity (Wildman–Crippen MR) is 97.2 cm³/mol. The molecule has 25 heavy (non-hydrogen) atoms. The quantitative estimate of drug-likeness (QED) is 0.420. The molecule has 0 aliphatic heterocycles. The molecule has 0 aliphatic carbocycles. The molecule has 0 radical (unpaired) electrons. The van der Waals surface area contributed by atoms with Gasteiger partial charge in [0.05, 0.1) is 4.92 Å². The van der Waals surface area contributed by atoms with Crippen LogP contribution in [0.1, 0.15) is 13.3 Å². The zero-order valence-corrected chi connectivity index (χ0v) is 14.8. The van der Waals surface area contributed by atoms with Crippen LogP contribution in [0.2, 0.25) is 0 Å². The summed E-state index contributed by atoms with van der Waals surface area (Å²) in [6.07, 6.45) is 0.586. The lowest BCUT2D eigenvalue weighted by atomic mass is 10.2. The first-order valence-electron chi connectivity index (χ1n) is 7.99. The molecule has 0 bridgehead atoms. The second-order valence-electron chi connectivity index (χ2n) is 5.39. The average Bonchev–Trinajstić information content (AvgIpc) is 2.62. The van der Waals surface area contributed by atoms with E-state index < -0.39 is 20.6 Å². The van der Waals surface area contributed by atoms with Crippen molar-refractivity contribution in [2.24, 2.45) is 0 Å². The highest BCUT2D eigenvalue weighted by atomic mass is 32.2. The lowest BCUT2D eigenvalue weighted by Gasteiger charge is -2.23. The highest BCUT2D eigenvalue weighted by molar-refractivity contribution is 7.89. The Balaban J connectivity index is 1.96. The first-order chi connectivity index (χ1) is 12.0. The van der Waals surface area contributed by atoms with E-state index in [2.05, 4.69) is 9.62 Å². The van der Waals surface area contributed by atoms with Gasteiger partial charge in [0.2, 0.25) is 10.0 Å². The summed E-state index contributed by atoms with van der Waals surface area (Å²) in [4.78, 5) is 12.1. The normalized spacial score (nSPS) is 11.2. The SMILES string of the molecule is CCN(CCCNS(=O)(=O)c1ccccc1[N+](=O)[O-])c1ccccc1. The largest absolute Gasteiger partial charge is 0.372 e. The number of benzene rings is 2. The zero-order valence-electron chi connectivity index (χ0n) is 14.0. The van der Waals surface area contributed by atoms with Gasteiger partial charge in [0.25, 0.3) is 5.69 Å². The van der Waals surface area contributed by atoms with E-state index in [-0.39, 0.29) is 11.4 Å². The van der Waals surface area contributed by atoms with Crippen LogP contribution in [-0.4, -0.2) is 33.0 Å². The van der Waals surface area contributed by atoms with Crippen molar-refractivity contribution in [2.75, 3.05) is 24.5 Å². The molecule has 0 fully saturated rings. The van der Waals surface area contributed by atoms with Crippen LogP contribution in [0.15, 0.2) is 59.5 Å². The smallest absolute Gasteiger partial charge is 0.289 e. The van der Waals surface area contributed by atoms with Gasteiger partial charge < -0.3 is 4.90 Å². The molecule has 134 valence electrons. The maximum absolute atomic E-state index is 12.3. The second kappa shape index (κ2) is 8.59. The number of nitro groups is 1. The summed E-state index contributed by atoms with van der Waals surface area (Å²) in [5, 5.41) is 11.0. The molecular weight excluding hydrogens is 342 g/mol. The highest BCUT2D eigenvalue weighted by Gasteiger charge is 2.24. The summed E-state index contributed by atoms with van der Waals surface area (Å²) in [5.74, 6) is 0. The maximum Gasteiger partial charge on any atom is 0.289 e. The van der Waals surface area contributed by atoms with E-state index in [0.29, 0.717) is 13.0 Å². The molecule has 0 unspecified atom stereocenters. The van der Waals surface area contributed by atoms with Crippen LogP contribution < -0.4 is 9.62 Å². The van der Waals surface area contributed by atoms with E-state index in [9.17, 15) is 18.5 Å². The zero-order chi connectivity index (χ0) is 18.3. The van der Waals surface area contributed by atoms with Crippen molar-refractivity contribution >= 4 is 21.4 Å². The molecule has 0 aliphatic rings. The summed E-state index contributed by atoms with van der Waals surface area (Å²) < 4.78 is 27.1. The number of sulfonamides is 1. The third-order valence-electron chi connectivity index (χ3n) is 3.75. The van der Waals surface area contributed by atoms with E-state index in [1.54, 1.807) is 0 Å². The number of para-hydroxylation sites is 2. The van der Waals surface area contributed by atoms with Gasteiger partial charge in [0, 0.05) is 31.4 Å². The number of rotatable bonds is 9. The molecule has 0 aromatic heterocycles. The van der Waals surface area contributed by atoms with Crippen LogP contribution in [0, 0.1) is 10.1 Å². The monoisotopic (exact) mass is 363 g/mol. The Kier molecular flexibility index (Phi) is 6.49. The summed E-state index contributed by atoms with van der Waals surface area (Å²) in [7, 11) is -3.92. The molecule has 1 N–H and O–H groups in total. The van der Waals surface area contributed by atoms with E-state index >= 15 is 0 Å². The van der Waals surface area contributed by atoms with Crippen LogP contribution in [0.4, 0.5) is 11.4 Å². The Morgan fingerprint density at radius 2 is 1.72 bits per heavy atom. The van der Waals surface area contributed by atoms with Crippen molar-refractivity contribution in [3.05, 3.63) is 64.7 Å². The number of anilines is 1. The molecule has 0 atom stereocenters. The highest BCUT2D eigenvalue weighted by Crippen LogP contribution is 2.22. The van der Waals surface area contributed by atoms with Crippen LogP contribution in [0.25, 0.3) is 0 Å². The van der Waals surface area contributed by atoms with Gasteiger partial charge in [-0.2, -0.15) is 0 Å². The van der Waals surface area contributed by atoms with Crippen molar-refractivity contribution in [3.63, 3.8) is 0 Å². The summed E-state index contributed by atoms with van der Waals surface area (Å²) in [6.45, 7) is 3.73. The summed E-state index contributed by atoms with van der Waals surface area (Å²) in [5.41, 5.74) is 0.654. The van der Waals surface area contributed by atoms with Gasteiger partial charge in [-0.15, -0.1) is 0 Å². The van der Waals surface area contributed by atoms with Crippen molar-refractivity contribution in [3.8, 4) is 0 Å². The van der Waals surface area contributed by atoms with Crippen LogP contribution in [-0.2, 0) is 10.0 Å². The van der Waals surface area contributed by atoms with Gasteiger partial charge in [-0.3, -0.25) is 10.1 Å². The summed E-state index contributed by atoms with van der Waals surface area (Å²) >= 11 is 0. The van der Waals surface area contributed by atoms with E-state index in [1.165, 1.54) is 24.3 Å². The molecule has 0 spiro atoms. The van der Waals surface area contributed by atoms with Gasteiger partial charge >= 0.3 is 0 Å². The van der Waals surface area contributed by atoms with E-state index in [4.69, 9.17) is 0 Å². The Bertz CT molecular complexity index is 810. The minimum Gasteiger partial charge on any atom is -0.372 e. The lowest BCUT2D eigenvalue weighted by molar-refractivity contribution is -0.387. The maximum atomic E-state index is 12.3. The molecule has 2 rings (SSSR count). The molecule has 7 nitrogen and oxygen atoms in total. The molecule has 8 heteroatoms. The van der Waals surface area contributed by atoms with Gasteiger partial charge in [-0.1, -0.05) is 30.3 Å².